The van der Waals surface area contributed by atoms with E-state index < -0.39 is 225 Å². The summed E-state index contributed by atoms with van der Waals surface area (Å²) in [6, 6.07) is 22.6. The molecule has 0 saturated carbocycles. The largest absolute Gasteiger partial charge is 0.309 e. The van der Waals surface area contributed by atoms with Crippen molar-refractivity contribution in [2.45, 2.75) is 70.6 Å². The molecule has 0 unspecified atom stereocenters. The fourth-order valence-corrected chi connectivity index (χ4v) is 13.5. The van der Waals surface area contributed by atoms with E-state index in [0.29, 0.717) is 45.4 Å². The van der Waals surface area contributed by atoms with Crippen molar-refractivity contribution in [1.29, 1.82) is 0 Å². The number of fused-ring (bicyclic) bond motifs is 6. The second-order valence-electron chi connectivity index (χ2n) is 25.2. The third-order valence-corrected chi connectivity index (χ3v) is 17.8. The summed E-state index contributed by atoms with van der Waals surface area (Å²) < 4.78 is 252. The van der Waals surface area contributed by atoms with Crippen molar-refractivity contribution < 1.29 is 35.6 Å². The molecular formula is C89H72N2. The molecule has 0 N–H and O–H groups in total. The minimum Gasteiger partial charge on any atom is -0.309 e. The van der Waals surface area contributed by atoms with Gasteiger partial charge in [-0.25, -0.2) is 0 Å². The highest BCUT2D eigenvalue weighted by molar-refractivity contribution is 6.07. The predicted octanol–water partition coefficient (Wildman–Crippen LogP) is 24.1. The monoisotopic (exact) mass is 1190 g/mol. The van der Waals surface area contributed by atoms with Crippen LogP contribution in [0, 0.1) is 0 Å². The molecule has 2 aliphatic heterocycles. The van der Waals surface area contributed by atoms with Crippen LogP contribution in [0.4, 0.5) is 34.1 Å². The summed E-state index contributed by atoms with van der Waals surface area (Å²) in [5.74, 6) is -2.04. The molecule has 0 atom stereocenters. The zero-order valence-corrected chi connectivity index (χ0v) is 50.6. The van der Waals surface area contributed by atoms with Crippen LogP contribution in [0.1, 0.15) is 145 Å². The van der Waals surface area contributed by atoms with Crippen LogP contribution >= 0.6 is 0 Å². The Morgan fingerprint density at radius 3 is 1.00 bits per heavy atom. The summed E-state index contributed by atoms with van der Waals surface area (Å²) >= 11 is 0. The maximum atomic E-state index is 10.4. The van der Waals surface area contributed by atoms with Gasteiger partial charge in [0.25, 0.3) is 0 Å². The van der Waals surface area contributed by atoms with Gasteiger partial charge in [0.05, 0.1) is 69.8 Å². The smallest absolute Gasteiger partial charge is 0.0630 e. The summed E-state index contributed by atoms with van der Waals surface area (Å²) in [7, 11) is 0. The Kier molecular flexibility index (Phi) is 8.40. The molecular weight excluding hydrogens is 1100 g/mol. The van der Waals surface area contributed by atoms with E-state index in [1.165, 1.54) is 0 Å². The Bertz CT molecular complexity index is 5850. The molecule has 0 radical (unpaired) electrons. The van der Waals surface area contributed by atoms with E-state index in [1.807, 2.05) is 133 Å². The van der Waals surface area contributed by atoms with Gasteiger partial charge in [0.1, 0.15) is 0 Å². The molecule has 2 nitrogen and oxygen atoms in total. The molecule has 3 aliphatic rings. The highest BCUT2D eigenvalue weighted by Crippen LogP contribution is 2.65. The topological polar surface area (TPSA) is 6.48 Å². The Morgan fingerprint density at radius 2 is 0.648 bits per heavy atom. The fraction of sp³-hybridized carbons (Fsp3) is 0.124. The van der Waals surface area contributed by atoms with Crippen molar-refractivity contribution in [2.75, 3.05) is 9.80 Å². The van der Waals surface area contributed by atoms with Gasteiger partial charge in [-0.2, -0.15) is 0 Å². The summed E-state index contributed by atoms with van der Waals surface area (Å²) in [6.07, 6.45) is 0.436. The molecule has 0 saturated heterocycles. The van der Waals surface area contributed by atoms with Crippen LogP contribution in [0.5, 0.6) is 0 Å². The van der Waals surface area contributed by atoms with E-state index in [0.717, 1.165) is 33.4 Å². The molecule has 13 aromatic rings. The average Bonchev–Trinajstić information content (AvgIpc) is 0.678. The van der Waals surface area contributed by atoms with Gasteiger partial charge < -0.3 is 9.80 Å². The number of benzene rings is 13. The van der Waals surface area contributed by atoms with Gasteiger partial charge in [0.15, 0.2) is 0 Å². The van der Waals surface area contributed by atoms with Gasteiger partial charge >= 0.3 is 0 Å². The van der Waals surface area contributed by atoms with Gasteiger partial charge in [-0.1, -0.05) is 308 Å². The molecule has 91 heavy (non-hydrogen) atoms. The van der Waals surface area contributed by atoms with Crippen LogP contribution in [0.25, 0.3) is 66.8 Å². The quantitative estimate of drug-likeness (QED) is 0.142. The van der Waals surface area contributed by atoms with Crippen molar-refractivity contribution >= 4 is 34.1 Å². The molecule has 0 amide bonds. The molecule has 2 heteroatoms. The summed E-state index contributed by atoms with van der Waals surface area (Å²) in [6.45, 7) is 12.4. The molecule has 1 aliphatic carbocycles. The number of nitrogens with zero attached hydrogens (tertiary/aromatic N) is 2. The highest BCUT2D eigenvalue weighted by Gasteiger charge is 2.45. The Hall–Kier alpha value is -10.5. The Labute approximate surface area is 573 Å². The molecule has 0 fully saturated rings. The van der Waals surface area contributed by atoms with Crippen LogP contribution in [0.15, 0.2) is 303 Å². The lowest BCUT2D eigenvalue weighted by molar-refractivity contribution is 0.590. The number of anilines is 6. The van der Waals surface area contributed by atoms with E-state index >= 15 is 0 Å². The summed E-state index contributed by atoms with van der Waals surface area (Å²) in [4.78, 5) is 3.10. The van der Waals surface area contributed by atoms with Crippen molar-refractivity contribution in [1.82, 2.24) is 0 Å². The molecule has 13 aromatic carbocycles. The third-order valence-electron chi connectivity index (χ3n) is 17.8. The minimum atomic E-state index is -1.18. The van der Waals surface area contributed by atoms with Crippen LogP contribution in [-0.2, 0) is 17.3 Å². The first-order chi connectivity index (χ1) is 55.2. The van der Waals surface area contributed by atoms with Crippen LogP contribution in [-0.4, -0.2) is 0 Å². The lowest BCUT2D eigenvalue weighted by Crippen LogP contribution is -2.31. The maximum Gasteiger partial charge on any atom is 0.0630 e. The van der Waals surface area contributed by atoms with Gasteiger partial charge in [0.2, 0.25) is 0 Å². The summed E-state index contributed by atoms with van der Waals surface area (Å²) in [5.41, 5.74) is 2.54. The highest BCUT2D eigenvalue weighted by atomic mass is 15.2. The first kappa shape index (κ1) is 34.4. The maximum absolute atomic E-state index is 10.4. The SMILES string of the molecule is [2H]c1c([2H])c([2H])c(-c2c([2H])c([2H])c([2H])c(-c3c([2H])c([2H])c([2H])c([2H])c3[2H])c2N2c3ccc(-c4ccc(C(C)(C)C)cc4)cc3C3c4cc(-c5ccc(C(C)(C)C)cc5)ccc4N(c4c(-c5c([2H])c([2H])c([2H])c([2H])c5[2H])c([2H])c([2H])c([2H])c4-c4c([2H])c([2H])c([2H])c([2H])c4[2H])c4cc(C5c6ccccc6Cc6ccccc65)cc2c43)c([2H])c1[2H]. The second-order valence-corrected chi connectivity index (χ2v) is 25.2. The van der Waals surface area contributed by atoms with E-state index in [4.69, 9.17) is 5.48 Å². The van der Waals surface area contributed by atoms with Crippen molar-refractivity contribution in [3.8, 4) is 66.8 Å². The first-order valence-corrected chi connectivity index (χ1v) is 30.2. The molecule has 0 bridgehead atoms. The van der Waals surface area contributed by atoms with Gasteiger partial charge in [-0.3, -0.25) is 0 Å². The molecule has 0 aromatic heterocycles. The van der Waals surface area contributed by atoms with E-state index in [-0.39, 0.29) is 39.1 Å². The van der Waals surface area contributed by atoms with Crippen LogP contribution < -0.4 is 9.80 Å². The zero-order valence-electron chi connectivity index (χ0n) is 76.6. The predicted molar refractivity (Wildman–Crippen MR) is 383 cm³/mol. The van der Waals surface area contributed by atoms with Gasteiger partial charge in [-0.15, -0.1) is 0 Å². The number of para-hydroxylation sites is 2. The fourth-order valence-electron chi connectivity index (χ4n) is 13.5. The van der Waals surface area contributed by atoms with Gasteiger partial charge in [-0.05, 0) is 148 Å². The molecule has 16 rings (SSSR count). The first-order valence-electron chi connectivity index (χ1n) is 43.2. The van der Waals surface area contributed by atoms with Crippen molar-refractivity contribution in [2.24, 2.45) is 0 Å². The minimum absolute atomic E-state index is 0.0280. The Morgan fingerprint density at radius 1 is 0.308 bits per heavy atom. The standard InChI is InChI=1S/C89H72N2/c1-88(2,3)69-47-41-58(42-48-69)64-45-51-79-77(54-64)84-78-55-65(59-43-49-70(50-44-59)89(4,5)6)46-52-80(78)91(87-75(62-29-15-9-16-30-62)39-24-40-76(87)63-31-17-10-18-32-63)82-57-68(83-71-35-21-19-33-66(71)53-67-34-20-22-36-72(67)83)56-81(85(82)84)90(79)86-73(60-25-11-7-12-26-60)37-23-38-74(86)61-27-13-8-14-28-61/h7-52,54-57,83-84H,53H2,1-6H3/i7D,8D,9D,10D,11D,12D,13D,14D,15D,16D,17D,18D,23D,24D,25D,26D,27D,28D,29D,30D,31D,32D,37D,38D,39D,40D. The number of hydrogen-bond donors (Lipinski definition) is 0. The molecule has 438 valence electrons. The number of hydrogen-bond acceptors (Lipinski definition) is 2. The van der Waals surface area contributed by atoms with Crippen molar-refractivity contribution in [3.05, 3.63) is 358 Å². The third kappa shape index (κ3) is 9.72. The van der Waals surface area contributed by atoms with Crippen LogP contribution in [0.2, 0.25) is 0 Å². The Balaban J connectivity index is 1.21. The number of rotatable bonds is 9. The molecule has 0 spiro atoms. The normalized spacial score (nSPS) is 17.4. The van der Waals surface area contributed by atoms with E-state index in [9.17, 15) is 30.2 Å². The zero-order chi connectivity index (χ0) is 84.2. The molecule has 2 heterocycles. The van der Waals surface area contributed by atoms with Crippen LogP contribution in [0.3, 0.4) is 0 Å². The lowest BCUT2D eigenvalue weighted by Gasteiger charge is -2.47. The van der Waals surface area contributed by atoms with Crippen molar-refractivity contribution in [3.63, 3.8) is 0 Å². The second kappa shape index (κ2) is 22.2. The summed E-state index contributed by atoms with van der Waals surface area (Å²) in [5, 5.41) is 0. The van der Waals surface area contributed by atoms with Gasteiger partial charge in [0, 0.05) is 39.7 Å². The average molecular weight is 1200 g/mol. The van der Waals surface area contributed by atoms with E-state index in [2.05, 4.69) is 41.5 Å². The van der Waals surface area contributed by atoms with E-state index in [1.54, 1.807) is 21.9 Å². The lowest BCUT2D eigenvalue weighted by atomic mass is 9.71.